The number of benzene rings is 2. The molecule has 0 aromatic heterocycles. The third-order valence-electron chi connectivity index (χ3n) is 3.81. The molecular formula is C20H15O5+. The topological polar surface area (TPSA) is 99.2 Å². The molecule has 2 aromatic rings. The van der Waals surface area contributed by atoms with Crippen LogP contribution in [0, 0.1) is 0 Å². The Labute approximate surface area is 143 Å². The smallest absolute Gasteiger partial charge is 0.340 e. The summed E-state index contributed by atoms with van der Waals surface area (Å²) in [5, 5.41) is 28.7. The second-order valence-electron chi connectivity index (χ2n) is 5.50. The Balaban J connectivity index is 2.30. The van der Waals surface area contributed by atoms with E-state index >= 15 is 0 Å². The van der Waals surface area contributed by atoms with Gasteiger partial charge in [-0.25, -0.2) is 4.79 Å². The number of hydrogen-bond acceptors (Lipinski definition) is 3. The Kier molecular flexibility index (Phi) is 4.22. The number of ketones is 1. The number of phenols is 2. The standard InChI is InChI=1S/C20H14O5/c21-14-5-1-12(2-6-14)19(13-3-7-15(22)8-4-13)17-10-9-16(23)11-18(17)20(24)25/h1-11,21,23H,(H,24,25)/p+1. The summed E-state index contributed by atoms with van der Waals surface area (Å²) in [5.74, 6) is -1.12. The zero-order valence-electron chi connectivity index (χ0n) is 13.0. The van der Waals surface area contributed by atoms with Crippen molar-refractivity contribution in [2.45, 2.75) is 0 Å². The molecule has 0 atom stereocenters. The predicted molar refractivity (Wildman–Crippen MR) is 94.4 cm³/mol. The van der Waals surface area contributed by atoms with Gasteiger partial charge in [0.05, 0.1) is 5.56 Å². The fourth-order valence-electron chi connectivity index (χ4n) is 2.66. The minimum absolute atomic E-state index is 0.0452. The summed E-state index contributed by atoms with van der Waals surface area (Å²) in [6, 6.07) is 10.5. The lowest BCUT2D eigenvalue weighted by Gasteiger charge is -2.15. The van der Waals surface area contributed by atoms with Crippen molar-refractivity contribution in [1.29, 1.82) is 0 Å². The number of allylic oxidation sites excluding steroid dienone is 5. The zero-order valence-corrected chi connectivity index (χ0v) is 13.0. The lowest BCUT2D eigenvalue weighted by molar-refractivity contribution is 0.0696. The van der Waals surface area contributed by atoms with Gasteiger partial charge in [-0.2, -0.15) is 0 Å². The van der Waals surface area contributed by atoms with Gasteiger partial charge in [-0.3, -0.25) is 4.79 Å². The Bertz CT molecular complexity index is 929. The molecule has 0 unspecified atom stereocenters. The summed E-state index contributed by atoms with van der Waals surface area (Å²) in [4.78, 5) is 21.2. The van der Waals surface area contributed by atoms with Crippen LogP contribution in [0.1, 0.15) is 21.5 Å². The first-order valence-corrected chi connectivity index (χ1v) is 7.48. The first kappa shape index (κ1) is 16.3. The van der Waals surface area contributed by atoms with Crippen LogP contribution in [0.4, 0.5) is 0 Å². The van der Waals surface area contributed by atoms with Crippen molar-refractivity contribution in [3.63, 3.8) is 0 Å². The fourth-order valence-corrected chi connectivity index (χ4v) is 2.66. The lowest BCUT2D eigenvalue weighted by Crippen LogP contribution is -2.05. The van der Waals surface area contributed by atoms with Gasteiger partial charge < -0.3 is 15.3 Å². The van der Waals surface area contributed by atoms with Gasteiger partial charge in [0.2, 0.25) is 0 Å². The number of carbonyl (C=O) groups is 1. The number of carbonyl (C=O) groups excluding carboxylic acids is 1. The number of hydrogen-bond donors (Lipinski definition) is 3. The Morgan fingerprint density at radius 1 is 0.800 bits per heavy atom. The zero-order chi connectivity index (χ0) is 18.0. The molecule has 3 rings (SSSR count). The second-order valence-corrected chi connectivity index (χ2v) is 5.50. The first-order valence-electron chi connectivity index (χ1n) is 7.48. The van der Waals surface area contributed by atoms with Crippen LogP contribution >= 0.6 is 0 Å². The highest BCUT2D eigenvalue weighted by Crippen LogP contribution is 2.34. The molecule has 0 radical (unpaired) electrons. The molecule has 1 aliphatic carbocycles. The molecule has 0 bridgehead atoms. The van der Waals surface area contributed by atoms with Crippen LogP contribution in [0.5, 0.6) is 11.5 Å². The molecule has 4 N–H and O–H groups in total. The highest BCUT2D eigenvalue weighted by molar-refractivity contribution is 6.05. The largest absolute Gasteiger partial charge is 0.508 e. The third-order valence-corrected chi connectivity index (χ3v) is 3.81. The molecule has 0 saturated carbocycles. The minimum atomic E-state index is -1.17. The van der Waals surface area contributed by atoms with E-state index in [2.05, 4.69) is 0 Å². The van der Waals surface area contributed by atoms with Crippen LogP contribution in [0.2, 0.25) is 0 Å². The molecule has 0 saturated heterocycles. The first-order chi connectivity index (χ1) is 12.0. The van der Waals surface area contributed by atoms with Gasteiger partial charge in [0, 0.05) is 12.2 Å². The number of carboxylic acids is 1. The van der Waals surface area contributed by atoms with Crippen LogP contribution < -0.4 is 0 Å². The summed E-state index contributed by atoms with van der Waals surface area (Å²) >= 11 is 0. The highest BCUT2D eigenvalue weighted by atomic mass is 16.4. The lowest BCUT2D eigenvalue weighted by atomic mass is 9.88. The molecule has 2 aromatic carbocycles. The monoisotopic (exact) mass is 335 g/mol. The van der Waals surface area contributed by atoms with E-state index in [0.29, 0.717) is 22.3 Å². The van der Waals surface area contributed by atoms with E-state index in [1.54, 1.807) is 24.3 Å². The van der Waals surface area contributed by atoms with Gasteiger partial charge in [0.1, 0.15) is 11.5 Å². The Morgan fingerprint density at radius 2 is 1.40 bits per heavy atom. The van der Waals surface area contributed by atoms with E-state index in [9.17, 15) is 24.9 Å². The van der Waals surface area contributed by atoms with Crippen LogP contribution in [0.15, 0.2) is 72.3 Å². The molecule has 25 heavy (non-hydrogen) atoms. The van der Waals surface area contributed by atoms with E-state index in [1.165, 1.54) is 42.5 Å². The molecule has 0 amide bonds. The van der Waals surface area contributed by atoms with Crippen molar-refractivity contribution in [2.75, 3.05) is 0 Å². The van der Waals surface area contributed by atoms with Gasteiger partial charge in [-0.05, 0) is 64.8 Å². The summed E-state index contributed by atoms with van der Waals surface area (Å²) in [7, 11) is 0. The fraction of sp³-hybridized carbons (Fsp3) is 0. The van der Waals surface area contributed by atoms with Gasteiger partial charge in [-0.1, -0.05) is 12.1 Å². The minimum Gasteiger partial charge on any atom is -0.508 e. The van der Waals surface area contributed by atoms with Gasteiger partial charge in [-0.15, -0.1) is 0 Å². The molecule has 0 fully saturated rings. The molecule has 1 aliphatic rings. The molecule has 0 aliphatic heterocycles. The number of carboxylic acid groups (broad SMARTS) is 1. The quantitative estimate of drug-likeness (QED) is 0.750. The van der Waals surface area contributed by atoms with E-state index in [0.717, 1.165) is 0 Å². The summed E-state index contributed by atoms with van der Waals surface area (Å²) in [5.41, 5.74) is 2.36. The average molecular weight is 335 g/mol. The number of phenolic OH excluding ortho intramolecular Hbond substituents is 2. The predicted octanol–water partition coefficient (Wildman–Crippen LogP) is 3.27. The maximum absolute atomic E-state index is 11.6. The van der Waals surface area contributed by atoms with E-state index in [4.69, 9.17) is 0 Å². The van der Waals surface area contributed by atoms with Gasteiger partial charge in [0.25, 0.3) is 0 Å². The van der Waals surface area contributed by atoms with Crippen molar-refractivity contribution in [3.05, 3.63) is 89.0 Å². The van der Waals surface area contributed by atoms with Crippen molar-refractivity contribution in [3.8, 4) is 11.5 Å². The average Bonchev–Trinajstić information content (AvgIpc) is 2.59. The van der Waals surface area contributed by atoms with Crippen LogP contribution in [-0.2, 0) is 0 Å². The Hall–Kier alpha value is -3.60. The van der Waals surface area contributed by atoms with Crippen LogP contribution in [0.3, 0.4) is 0 Å². The number of rotatable bonds is 3. The maximum atomic E-state index is 11.6. The molecule has 5 heteroatoms. The summed E-state index contributed by atoms with van der Waals surface area (Å²) < 4.78 is 0. The SMILES string of the molecule is O=C(O)c1cc(O)ccc1C(=C1C=CC(=[OH+])C=C1)c1ccc(O)cc1. The molecule has 5 nitrogen and oxygen atoms in total. The van der Waals surface area contributed by atoms with Crippen LogP contribution in [0.25, 0.3) is 5.57 Å². The summed E-state index contributed by atoms with van der Waals surface area (Å²) in [6.45, 7) is 0. The number of aromatic carboxylic acids is 1. The third kappa shape index (κ3) is 3.35. The van der Waals surface area contributed by atoms with E-state index in [-0.39, 0.29) is 22.8 Å². The van der Waals surface area contributed by atoms with E-state index in [1.807, 2.05) is 0 Å². The van der Waals surface area contributed by atoms with Gasteiger partial charge in [0.15, 0.2) is 0 Å². The van der Waals surface area contributed by atoms with Crippen molar-refractivity contribution in [2.24, 2.45) is 0 Å². The van der Waals surface area contributed by atoms with Crippen molar-refractivity contribution < 1.29 is 24.9 Å². The normalized spacial score (nSPS) is 13.1. The van der Waals surface area contributed by atoms with Gasteiger partial charge >= 0.3 is 11.8 Å². The molecular weight excluding hydrogens is 320 g/mol. The molecule has 0 spiro atoms. The van der Waals surface area contributed by atoms with E-state index < -0.39 is 5.97 Å². The number of aromatic hydroxyl groups is 2. The Morgan fingerprint density at radius 3 is 2.00 bits per heavy atom. The maximum Gasteiger partial charge on any atom is 0.340 e. The van der Waals surface area contributed by atoms with Crippen LogP contribution in [-0.4, -0.2) is 31.9 Å². The van der Waals surface area contributed by atoms with Crippen molar-refractivity contribution >= 4 is 17.3 Å². The highest BCUT2D eigenvalue weighted by Gasteiger charge is 2.19. The van der Waals surface area contributed by atoms with Crippen molar-refractivity contribution in [1.82, 2.24) is 0 Å². The second kappa shape index (κ2) is 6.49. The molecule has 124 valence electrons. The molecule has 0 heterocycles. The summed E-state index contributed by atoms with van der Waals surface area (Å²) in [6.07, 6.45) is 6.37.